The van der Waals surface area contributed by atoms with Gasteiger partial charge in [0.15, 0.2) is 0 Å². The van der Waals surface area contributed by atoms with Gasteiger partial charge in [-0.05, 0) is 55.2 Å². The minimum Gasteiger partial charge on any atom is -0.310 e. The fourth-order valence-electron chi connectivity index (χ4n) is 4.01. The fraction of sp³-hybridized carbons (Fsp3) is 0.700. The third-order valence-corrected chi connectivity index (χ3v) is 5.57. The number of benzene rings is 1. The zero-order valence-corrected chi connectivity index (χ0v) is 13.6. The van der Waals surface area contributed by atoms with E-state index in [0.717, 1.165) is 18.4 Å². The second-order valence-electron chi connectivity index (χ2n) is 7.19. The molecule has 2 saturated carbocycles. The summed E-state index contributed by atoms with van der Waals surface area (Å²) in [6, 6.07) is 10.1. The van der Waals surface area contributed by atoms with Crippen LogP contribution in [-0.4, -0.2) is 6.54 Å². The van der Waals surface area contributed by atoms with E-state index < -0.39 is 0 Å². The molecule has 0 heterocycles. The second kappa shape index (κ2) is 7.45. The highest BCUT2D eigenvalue weighted by Crippen LogP contribution is 2.38. The summed E-state index contributed by atoms with van der Waals surface area (Å²) in [7, 11) is 0. The molecule has 2 aliphatic rings. The lowest BCUT2D eigenvalue weighted by Gasteiger charge is -2.28. The molecule has 1 aromatic carbocycles. The molecule has 2 aliphatic carbocycles. The Balaban J connectivity index is 1.70. The molecule has 1 aromatic rings. The Kier molecular flexibility index (Phi) is 5.35. The van der Waals surface area contributed by atoms with Crippen molar-refractivity contribution in [1.29, 1.82) is 0 Å². The van der Waals surface area contributed by atoms with Crippen molar-refractivity contribution >= 4 is 0 Å². The summed E-state index contributed by atoms with van der Waals surface area (Å²) in [4.78, 5) is 0. The molecule has 0 aromatic heterocycles. The summed E-state index contributed by atoms with van der Waals surface area (Å²) >= 11 is 0. The number of hydrogen-bond donors (Lipinski definition) is 1. The van der Waals surface area contributed by atoms with E-state index in [2.05, 4.69) is 36.5 Å². The Bertz CT molecular complexity index is 429. The molecule has 1 unspecified atom stereocenters. The van der Waals surface area contributed by atoms with Crippen molar-refractivity contribution in [2.45, 2.75) is 76.7 Å². The Morgan fingerprint density at radius 1 is 1.10 bits per heavy atom. The van der Waals surface area contributed by atoms with Crippen molar-refractivity contribution in [3.8, 4) is 0 Å². The summed E-state index contributed by atoms with van der Waals surface area (Å²) in [6.07, 6.45) is 12.6. The highest BCUT2D eigenvalue weighted by molar-refractivity contribution is 5.29. The smallest absolute Gasteiger partial charge is 0.0322 e. The van der Waals surface area contributed by atoms with Gasteiger partial charge in [-0.1, -0.05) is 63.3 Å². The normalized spacial score (nSPS) is 21.4. The van der Waals surface area contributed by atoms with Gasteiger partial charge in [0.2, 0.25) is 0 Å². The van der Waals surface area contributed by atoms with Gasteiger partial charge < -0.3 is 5.32 Å². The molecule has 0 saturated heterocycles. The van der Waals surface area contributed by atoms with E-state index >= 15 is 0 Å². The maximum absolute atomic E-state index is 3.81. The third kappa shape index (κ3) is 3.88. The number of rotatable bonds is 7. The summed E-state index contributed by atoms with van der Waals surface area (Å²) < 4.78 is 0. The molecule has 1 N–H and O–H groups in total. The molecule has 0 aliphatic heterocycles. The zero-order chi connectivity index (χ0) is 14.5. The Labute approximate surface area is 130 Å². The van der Waals surface area contributed by atoms with Gasteiger partial charge in [0.05, 0.1) is 0 Å². The first-order valence-corrected chi connectivity index (χ1v) is 9.20. The van der Waals surface area contributed by atoms with Crippen LogP contribution in [0.4, 0.5) is 0 Å². The van der Waals surface area contributed by atoms with Gasteiger partial charge in [0, 0.05) is 6.04 Å². The standard InChI is InChI=1S/C20H31N/c1-2-13-21-20(14-16-7-3-4-8-16)19-12-6-11-18(15-19)17-9-5-10-17/h6,11-12,15-17,20-21H,2-5,7-10,13-14H2,1H3. The van der Waals surface area contributed by atoms with Crippen LogP contribution in [0.25, 0.3) is 0 Å². The lowest BCUT2D eigenvalue weighted by molar-refractivity contribution is 0.392. The van der Waals surface area contributed by atoms with Gasteiger partial charge in [0.25, 0.3) is 0 Å². The number of hydrogen-bond acceptors (Lipinski definition) is 1. The molecule has 1 nitrogen and oxygen atoms in total. The van der Waals surface area contributed by atoms with E-state index in [4.69, 9.17) is 0 Å². The first-order valence-electron chi connectivity index (χ1n) is 9.20. The van der Waals surface area contributed by atoms with Crippen LogP contribution >= 0.6 is 0 Å². The number of nitrogens with one attached hydrogen (secondary N) is 1. The first-order chi connectivity index (χ1) is 10.4. The maximum Gasteiger partial charge on any atom is 0.0322 e. The van der Waals surface area contributed by atoms with Crippen LogP contribution in [0, 0.1) is 5.92 Å². The lowest BCUT2D eigenvalue weighted by atomic mass is 9.79. The van der Waals surface area contributed by atoms with Crippen molar-refractivity contribution in [3.63, 3.8) is 0 Å². The molecular formula is C20H31N. The van der Waals surface area contributed by atoms with Gasteiger partial charge in [-0.3, -0.25) is 0 Å². The van der Waals surface area contributed by atoms with Crippen LogP contribution < -0.4 is 5.32 Å². The average molecular weight is 285 g/mol. The van der Waals surface area contributed by atoms with Crippen LogP contribution in [0.3, 0.4) is 0 Å². The van der Waals surface area contributed by atoms with Gasteiger partial charge in [0.1, 0.15) is 0 Å². The molecule has 0 amide bonds. The van der Waals surface area contributed by atoms with Crippen LogP contribution in [0.5, 0.6) is 0 Å². The first kappa shape index (κ1) is 15.1. The molecule has 1 atom stereocenters. The highest BCUT2D eigenvalue weighted by atomic mass is 14.9. The summed E-state index contributed by atoms with van der Waals surface area (Å²) in [6.45, 7) is 3.41. The summed E-state index contributed by atoms with van der Waals surface area (Å²) in [5, 5.41) is 3.81. The zero-order valence-electron chi connectivity index (χ0n) is 13.6. The van der Waals surface area contributed by atoms with Crippen LogP contribution in [-0.2, 0) is 0 Å². The SMILES string of the molecule is CCCNC(CC1CCCC1)c1cccc(C2CCC2)c1. The molecule has 3 rings (SSSR count). The maximum atomic E-state index is 3.81. The fourth-order valence-corrected chi connectivity index (χ4v) is 4.01. The van der Waals surface area contributed by atoms with Crippen LogP contribution in [0.1, 0.15) is 87.8 Å². The topological polar surface area (TPSA) is 12.0 Å². The lowest BCUT2D eigenvalue weighted by Crippen LogP contribution is -2.24. The minimum absolute atomic E-state index is 0.577. The van der Waals surface area contributed by atoms with E-state index in [1.165, 1.54) is 57.8 Å². The quantitative estimate of drug-likeness (QED) is 0.690. The van der Waals surface area contributed by atoms with E-state index in [1.807, 2.05) is 0 Å². The van der Waals surface area contributed by atoms with Gasteiger partial charge in [-0.15, -0.1) is 0 Å². The van der Waals surface area contributed by atoms with Crippen molar-refractivity contribution in [3.05, 3.63) is 35.4 Å². The monoisotopic (exact) mass is 285 g/mol. The third-order valence-electron chi connectivity index (χ3n) is 5.57. The predicted molar refractivity (Wildman–Crippen MR) is 90.6 cm³/mol. The van der Waals surface area contributed by atoms with E-state index in [1.54, 1.807) is 11.1 Å². The highest BCUT2D eigenvalue weighted by Gasteiger charge is 2.23. The van der Waals surface area contributed by atoms with Crippen molar-refractivity contribution in [2.24, 2.45) is 5.92 Å². The van der Waals surface area contributed by atoms with Crippen LogP contribution in [0.15, 0.2) is 24.3 Å². The second-order valence-corrected chi connectivity index (χ2v) is 7.19. The predicted octanol–water partition coefficient (Wildman–Crippen LogP) is 5.58. The average Bonchev–Trinajstić information content (AvgIpc) is 2.95. The van der Waals surface area contributed by atoms with Gasteiger partial charge >= 0.3 is 0 Å². The molecule has 116 valence electrons. The van der Waals surface area contributed by atoms with Crippen molar-refractivity contribution < 1.29 is 0 Å². The van der Waals surface area contributed by atoms with E-state index in [9.17, 15) is 0 Å². The largest absolute Gasteiger partial charge is 0.310 e. The molecule has 0 bridgehead atoms. The Morgan fingerprint density at radius 3 is 2.57 bits per heavy atom. The molecule has 2 fully saturated rings. The van der Waals surface area contributed by atoms with Crippen molar-refractivity contribution in [1.82, 2.24) is 5.32 Å². The molecular weight excluding hydrogens is 254 g/mol. The molecule has 1 heteroatoms. The minimum atomic E-state index is 0.577. The van der Waals surface area contributed by atoms with Crippen molar-refractivity contribution in [2.75, 3.05) is 6.54 Å². The molecule has 0 radical (unpaired) electrons. The summed E-state index contributed by atoms with van der Waals surface area (Å²) in [5.41, 5.74) is 3.13. The summed E-state index contributed by atoms with van der Waals surface area (Å²) in [5.74, 6) is 1.80. The van der Waals surface area contributed by atoms with Gasteiger partial charge in [-0.2, -0.15) is 0 Å². The van der Waals surface area contributed by atoms with Crippen LogP contribution in [0.2, 0.25) is 0 Å². The van der Waals surface area contributed by atoms with E-state index in [0.29, 0.717) is 6.04 Å². The molecule has 0 spiro atoms. The van der Waals surface area contributed by atoms with Gasteiger partial charge in [-0.25, -0.2) is 0 Å². The Hall–Kier alpha value is -0.820. The molecule has 21 heavy (non-hydrogen) atoms. The Morgan fingerprint density at radius 2 is 1.90 bits per heavy atom. The van der Waals surface area contributed by atoms with E-state index in [-0.39, 0.29) is 0 Å².